The highest BCUT2D eigenvalue weighted by molar-refractivity contribution is 9.10. The summed E-state index contributed by atoms with van der Waals surface area (Å²) >= 11 is 3.37. The van der Waals surface area contributed by atoms with Gasteiger partial charge in [0.15, 0.2) is 12.4 Å². The molecule has 1 aromatic heterocycles. The van der Waals surface area contributed by atoms with E-state index in [1.54, 1.807) is 42.1 Å². The summed E-state index contributed by atoms with van der Waals surface area (Å²) in [5.41, 5.74) is 1.19. The van der Waals surface area contributed by atoms with Gasteiger partial charge in [0.2, 0.25) is 0 Å². The number of ether oxygens (including phenoxy) is 1. The molecule has 0 N–H and O–H groups in total. The standard InChI is InChI=1S/C15H13BrN2O3/c1-17-6-2-3-11(17)13(19)8-18-12-7-10(16)4-5-14(12)21-9-15(18)20/h2-7H,8-9H2,1H3. The van der Waals surface area contributed by atoms with Crippen molar-refractivity contribution < 1.29 is 14.3 Å². The number of carbonyl (C=O) groups excluding carboxylic acids is 2. The van der Waals surface area contributed by atoms with E-state index in [-0.39, 0.29) is 24.8 Å². The second kappa shape index (κ2) is 5.37. The Morgan fingerprint density at radius 2 is 2.19 bits per heavy atom. The van der Waals surface area contributed by atoms with Gasteiger partial charge >= 0.3 is 0 Å². The number of aryl methyl sites for hydroxylation is 1. The molecule has 0 fully saturated rings. The van der Waals surface area contributed by atoms with Crippen LogP contribution in [-0.2, 0) is 11.8 Å². The number of aromatic nitrogens is 1. The zero-order chi connectivity index (χ0) is 15.0. The first-order valence-corrected chi connectivity index (χ1v) is 7.23. The third-order valence-corrected chi connectivity index (χ3v) is 3.89. The van der Waals surface area contributed by atoms with Gasteiger partial charge < -0.3 is 9.30 Å². The van der Waals surface area contributed by atoms with Gasteiger partial charge in [0.05, 0.1) is 17.9 Å². The van der Waals surface area contributed by atoms with Gasteiger partial charge in [-0.05, 0) is 30.3 Å². The molecule has 0 spiro atoms. The highest BCUT2D eigenvalue weighted by Crippen LogP contribution is 2.34. The van der Waals surface area contributed by atoms with Crippen LogP contribution in [0.5, 0.6) is 5.75 Å². The molecule has 0 bridgehead atoms. The minimum atomic E-state index is -0.219. The second-order valence-electron chi connectivity index (χ2n) is 4.81. The van der Waals surface area contributed by atoms with Gasteiger partial charge in [0, 0.05) is 17.7 Å². The third kappa shape index (κ3) is 2.58. The lowest BCUT2D eigenvalue weighted by Gasteiger charge is -2.29. The molecule has 5 nitrogen and oxygen atoms in total. The molecule has 0 saturated carbocycles. The van der Waals surface area contributed by atoms with Crippen LogP contribution in [0.2, 0.25) is 0 Å². The fraction of sp³-hybridized carbons (Fsp3) is 0.200. The van der Waals surface area contributed by atoms with Crippen molar-refractivity contribution in [1.82, 2.24) is 4.57 Å². The second-order valence-corrected chi connectivity index (χ2v) is 5.72. The van der Waals surface area contributed by atoms with E-state index < -0.39 is 0 Å². The number of fused-ring (bicyclic) bond motifs is 1. The number of Topliss-reactive ketones (excluding diaryl/α,β-unsaturated/α-hetero) is 1. The predicted molar refractivity (Wildman–Crippen MR) is 81.7 cm³/mol. The Labute approximate surface area is 130 Å². The van der Waals surface area contributed by atoms with Crippen LogP contribution in [0.15, 0.2) is 41.0 Å². The molecule has 1 aliphatic rings. The predicted octanol–water partition coefficient (Wildman–Crippen LogP) is 2.40. The fourth-order valence-corrected chi connectivity index (χ4v) is 2.67. The van der Waals surface area contributed by atoms with Gasteiger partial charge in [-0.3, -0.25) is 14.5 Å². The number of carbonyl (C=O) groups is 2. The first-order chi connectivity index (χ1) is 10.1. The Morgan fingerprint density at radius 1 is 1.38 bits per heavy atom. The number of benzene rings is 1. The lowest BCUT2D eigenvalue weighted by atomic mass is 10.2. The molecule has 1 aliphatic heterocycles. The zero-order valence-corrected chi connectivity index (χ0v) is 13.0. The van der Waals surface area contributed by atoms with Crippen molar-refractivity contribution in [3.63, 3.8) is 0 Å². The Morgan fingerprint density at radius 3 is 2.90 bits per heavy atom. The largest absolute Gasteiger partial charge is 0.482 e. The highest BCUT2D eigenvalue weighted by Gasteiger charge is 2.28. The molecule has 21 heavy (non-hydrogen) atoms. The van der Waals surface area contributed by atoms with Crippen molar-refractivity contribution in [1.29, 1.82) is 0 Å². The molecule has 0 saturated heterocycles. The summed E-state index contributed by atoms with van der Waals surface area (Å²) in [7, 11) is 1.80. The molecule has 6 heteroatoms. The Balaban J connectivity index is 1.92. The summed E-state index contributed by atoms with van der Waals surface area (Å²) in [5, 5.41) is 0. The minimum Gasteiger partial charge on any atom is -0.482 e. The van der Waals surface area contributed by atoms with E-state index in [2.05, 4.69) is 15.9 Å². The van der Waals surface area contributed by atoms with E-state index in [9.17, 15) is 9.59 Å². The van der Waals surface area contributed by atoms with E-state index in [4.69, 9.17) is 4.74 Å². The van der Waals surface area contributed by atoms with Crippen LogP contribution in [0, 0.1) is 0 Å². The lowest BCUT2D eigenvalue weighted by Crippen LogP contribution is -2.42. The number of hydrogen-bond acceptors (Lipinski definition) is 3. The van der Waals surface area contributed by atoms with E-state index >= 15 is 0 Å². The number of anilines is 1. The van der Waals surface area contributed by atoms with E-state index in [1.165, 1.54) is 4.90 Å². The molecule has 1 amide bonds. The minimum absolute atomic E-state index is 0.00347. The molecular weight excluding hydrogens is 336 g/mol. The van der Waals surface area contributed by atoms with Crippen molar-refractivity contribution >= 4 is 33.3 Å². The molecule has 2 heterocycles. The Bertz CT molecular complexity index is 723. The van der Waals surface area contributed by atoms with Crippen molar-refractivity contribution in [3.8, 4) is 5.75 Å². The summed E-state index contributed by atoms with van der Waals surface area (Å²) in [5.74, 6) is 0.282. The molecular formula is C15H13BrN2O3. The van der Waals surface area contributed by atoms with Crippen molar-refractivity contribution in [2.75, 3.05) is 18.1 Å². The van der Waals surface area contributed by atoms with Crippen molar-refractivity contribution in [2.24, 2.45) is 7.05 Å². The number of hydrogen-bond donors (Lipinski definition) is 0. The van der Waals surface area contributed by atoms with Gasteiger partial charge in [-0.1, -0.05) is 15.9 Å². The summed E-state index contributed by atoms with van der Waals surface area (Å²) in [4.78, 5) is 25.9. The van der Waals surface area contributed by atoms with E-state index in [0.29, 0.717) is 17.1 Å². The molecule has 0 unspecified atom stereocenters. The number of rotatable bonds is 3. The third-order valence-electron chi connectivity index (χ3n) is 3.40. The normalized spacial score (nSPS) is 13.8. The monoisotopic (exact) mass is 348 g/mol. The van der Waals surface area contributed by atoms with E-state index in [1.807, 2.05) is 6.07 Å². The average molecular weight is 349 g/mol. The van der Waals surface area contributed by atoms with Gasteiger partial charge in [-0.25, -0.2) is 0 Å². The van der Waals surface area contributed by atoms with Crippen molar-refractivity contribution in [2.45, 2.75) is 0 Å². The summed E-state index contributed by atoms with van der Waals surface area (Å²) in [6.45, 7) is -0.0431. The summed E-state index contributed by atoms with van der Waals surface area (Å²) in [6.07, 6.45) is 1.80. The molecule has 108 valence electrons. The molecule has 0 aliphatic carbocycles. The molecule has 0 atom stereocenters. The average Bonchev–Trinajstić information content (AvgIpc) is 2.88. The Kier molecular flexibility index (Phi) is 3.55. The van der Waals surface area contributed by atoms with Crippen molar-refractivity contribution in [3.05, 3.63) is 46.7 Å². The lowest BCUT2D eigenvalue weighted by molar-refractivity contribution is -0.121. The van der Waals surface area contributed by atoms with Crippen LogP contribution in [0.3, 0.4) is 0 Å². The summed E-state index contributed by atoms with van der Waals surface area (Å²) < 4.78 is 7.96. The van der Waals surface area contributed by atoms with Crippen LogP contribution in [0.25, 0.3) is 0 Å². The molecule has 2 aromatic rings. The van der Waals surface area contributed by atoms with Crippen LogP contribution in [0.1, 0.15) is 10.5 Å². The van der Waals surface area contributed by atoms with E-state index in [0.717, 1.165) is 4.47 Å². The number of halogens is 1. The molecule has 3 rings (SSSR count). The first kappa shape index (κ1) is 13.9. The van der Waals surface area contributed by atoms with Crippen LogP contribution >= 0.6 is 15.9 Å². The number of ketones is 1. The fourth-order valence-electron chi connectivity index (χ4n) is 2.32. The Hall–Kier alpha value is -2.08. The molecule has 1 aromatic carbocycles. The summed E-state index contributed by atoms with van der Waals surface area (Å²) in [6, 6.07) is 8.95. The van der Waals surface area contributed by atoms with Gasteiger partial charge in [-0.2, -0.15) is 0 Å². The maximum Gasteiger partial charge on any atom is 0.265 e. The highest BCUT2D eigenvalue weighted by atomic mass is 79.9. The zero-order valence-electron chi connectivity index (χ0n) is 11.4. The maximum atomic E-state index is 12.4. The van der Waals surface area contributed by atoms with Crippen LogP contribution in [0.4, 0.5) is 5.69 Å². The van der Waals surface area contributed by atoms with Gasteiger partial charge in [0.1, 0.15) is 5.75 Å². The topological polar surface area (TPSA) is 51.5 Å². The number of nitrogens with zero attached hydrogens (tertiary/aromatic N) is 2. The SMILES string of the molecule is Cn1cccc1C(=O)CN1C(=O)COc2ccc(Br)cc21. The van der Waals surface area contributed by atoms with Crippen LogP contribution in [-0.4, -0.2) is 29.4 Å². The quantitative estimate of drug-likeness (QED) is 0.800. The van der Waals surface area contributed by atoms with Gasteiger partial charge in [0.25, 0.3) is 5.91 Å². The number of amides is 1. The van der Waals surface area contributed by atoms with Crippen LogP contribution < -0.4 is 9.64 Å². The smallest absolute Gasteiger partial charge is 0.265 e. The molecule has 0 radical (unpaired) electrons. The van der Waals surface area contributed by atoms with Gasteiger partial charge in [-0.15, -0.1) is 0 Å². The maximum absolute atomic E-state index is 12.4. The first-order valence-electron chi connectivity index (χ1n) is 6.43.